The van der Waals surface area contributed by atoms with Crippen LogP contribution in [0.15, 0.2) is 30.7 Å². The second kappa shape index (κ2) is 9.21. The van der Waals surface area contributed by atoms with Gasteiger partial charge in [0, 0.05) is 17.4 Å². The summed E-state index contributed by atoms with van der Waals surface area (Å²) in [6.45, 7) is 1.33. The van der Waals surface area contributed by atoms with Crippen molar-refractivity contribution in [2.24, 2.45) is 0 Å². The lowest BCUT2D eigenvalue weighted by molar-refractivity contribution is -0.278. The molecule has 0 radical (unpaired) electrons. The van der Waals surface area contributed by atoms with Crippen molar-refractivity contribution in [3.63, 3.8) is 0 Å². The number of aryl methyl sites for hydroxylation is 2. The van der Waals surface area contributed by atoms with Gasteiger partial charge < -0.3 is 10.6 Å². The van der Waals surface area contributed by atoms with E-state index < -0.39 is 30.5 Å². The van der Waals surface area contributed by atoms with Crippen molar-refractivity contribution in [3.05, 3.63) is 53.0 Å². The third-order valence-corrected chi connectivity index (χ3v) is 4.90. The summed E-state index contributed by atoms with van der Waals surface area (Å²) >= 11 is 0. The Morgan fingerprint density at radius 1 is 1.12 bits per heavy atom. The van der Waals surface area contributed by atoms with Gasteiger partial charge in [0.2, 0.25) is 0 Å². The maximum absolute atomic E-state index is 13.2. The maximum Gasteiger partial charge on any atom is 0.455 e. The van der Waals surface area contributed by atoms with E-state index in [1.165, 1.54) is 30.8 Å². The largest absolute Gasteiger partial charge is 0.455 e. The number of hydroxylamine groups is 1. The van der Waals surface area contributed by atoms with Gasteiger partial charge in [0.05, 0.1) is 19.2 Å². The molecular weight excluding hydrogens is 467 g/mol. The number of carbonyl (C=O) groups excluding carboxylic acids is 2. The first-order valence-electron chi connectivity index (χ1n) is 9.62. The summed E-state index contributed by atoms with van der Waals surface area (Å²) < 4.78 is 64.7. The van der Waals surface area contributed by atoms with Crippen LogP contribution in [0.1, 0.15) is 31.8 Å². The van der Waals surface area contributed by atoms with E-state index in [0.29, 0.717) is 5.69 Å². The molecule has 1 aromatic carbocycles. The Labute approximate surface area is 189 Å². The van der Waals surface area contributed by atoms with Crippen molar-refractivity contribution in [2.75, 3.05) is 19.0 Å². The Morgan fingerprint density at radius 3 is 2.47 bits per heavy atom. The summed E-state index contributed by atoms with van der Waals surface area (Å²) in [5.74, 6) is -6.50. The van der Waals surface area contributed by atoms with Crippen molar-refractivity contribution >= 4 is 28.8 Å². The first kappa shape index (κ1) is 24.8. The van der Waals surface area contributed by atoms with Crippen LogP contribution < -0.4 is 16.1 Å². The fourth-order valence-electron chi connectivity index (χ4n) is 3.04. The number of hydrogen-bond acceptors (Lipinski definition) is 6. The monoisotopic (exact) mass is 486 g/mol. The summed E-state index contributed by atoms with van der Waals surface area (Å²) in [7, 11) is 1.29. The summed E-state index contributed by atoms with van der Waals surface area (Å²) in [6, 6.07) is 4.79. The zero-order chi connectivity index (χ0) is 25.3. The molecule has 9 nitrogen and oxygen atoms in total. The number of halogens is 5. The summed E-state index contributed by atoms with van der Waals surface area (Å²) in [6.07, 6.45) is -3.45. The molecule has 2 heterocycles. The third-order valence-electron chi connectivity index (χ3n) is 4.90. The number of nitrogens with one attached hydrogen (secondary N) is 3. The number of rotatable bonds is 7. The molecular formula is C20H19F5N6O3. The molecule has 0 aliphatic rings. The number of carbonyl (C=O) groups is 2. The SMILES string of the molecule is CONC(=O)c1ccc(C)c(Nc2ncnn3cc(C(=O)NCC(F)(F)C(F)(F)F)c(C)c23)c1. The molecule has 2 amide bonds. The summed E-state index contributed by atoms with van der Waals surface area (Å²) in [4.78, 5) is 33.2. The Kier molecular flexibility index (Phi) is 6.72. The fourth-order valence-corrected chi connectivity index (χ4v) is 3.04. The van der Waals surface area contributed by atoms with Crippen LogP contribution in [-0.2, 0) is 4.84 Å². The normalized spacial score (nSPS) is 12.0. The molecule has 0 aliphatic carbocycles. The van der Waals surface area contributed by atoms with Crippen LogP contribution in [0.5, 0.6) is 0 Å². The van der Waals surface area contributed by atoms with E-state index in [-0.39, 0.29) is 28.0 Å². The second-order valence-corrected chi connectivity index (χ2v) is 7.24. The minimum Gasteiger partial charge on any atom is -0.346 e. The van der Waals surface area contributed by atoms with Crippen LogP contribution in [0.3, 0.4) is 0 Å². The number of hydrogen-bond donors (Lipinski definition) is 3. The molecule has 0 saturated heterocycles. The van der Waals surface area contributed by atoms with Crippen LogP contribution in [0.4, 0.5) is 33.5 Å². The molecule has 3 rings (SSSR count). The van der Waals surface area contributed by atoms with Crippen LogP contribution in [-0.4, -0.2) is 52.2 Å². The van der Waals surface area contributed by atoms with Crippen molar-refractivity contribution in [1.82, 2.24) is 25.4 Å². The lowest BCUT2D eigenvalue weighted by Gasteiger charge is -2.19. The second-order valence-electron chi connectivity index (χ2n) is 7.24. The van der Waals surface area contributed by atoms with Gasteiger partial charge in [-0.2, -0.15) is 27.1 Å². The van der Waals surface area contributed by atoms with Gasteiger partial charge in [0.15, 0.2) is 5.82 Å². The van der Waals surface area contributed by atoms with Gasteiger partial charge in [-0.05, 0) is 37.1 Å². The fraction of sp³-hybridized carbons (Fsp3) is 0.300. The molecule has 0 unspecified atom stereocenters. The average molecular weight is 486 g/mol. The van der Waals surface area contributed by atoms with Gasteiger partial charge in [-0.1, -0.05) is 6.07 Å². The van der Waals surface area contributed by atoms with Crippen LogP contribution in [0, 0.1) is 13.8 Å². The van der Waals surface area contributed by atoms with Gasteiger partial charge in [-0.3, -0.25) is 14.4 Å². The Hall–Kier alpha value is -3.81. The standard InChI is InChI=1S/C20H19F5N6O3/c1-10-4-5-12(17(32)30-34-3)6-14(10)29-16-15-11(2)13(7-31(15)28-9-27-16)18(33)26-8-19(21,22)20(23,24)25/h4-7,9H,8H2,1-3H3,(H,26,33)(H,30,32)(H,27,28,29). The van der Waals surface area contributed by atoms with E-state index >= 15 is 0 Å². The van der Waals surface area contributed by atoms with E-state index in [0.717, 1.165) is 11.9 Å². The Morgan fingerprint density at radius 2 is 1.82 bits per heavy atom. The van der Waals surface area contributed by atoms with E-state index in [1.807, 2.05) is 0 Å². The number of fused-ring (bicyclic) bond motifs is 1. The van der Waals surface area contributed by atoms with Crippen LogP contribution >= 0.6 is 0 Å². The first-order valence-corrected chi connectivity index (χ1v) is 9.62. The molecule has 0 aliphatic heterocycles. The van der Waals surface area contributed by atoms with Crippen molar-refractivity contribution in [2.45, 2.75) is 25.9 Å². The number of alkyl halides is 5. The molecule has 3 N–H and O–H groups in total. The molecule has 182 valence electrons. The first-order chi connectivity index (χ1) is 15.9. The highest BCUT2D eigenvalue weighted by Gasteiger charge is 2.57. The van der Waals surface area contributed by atoms with Crippen molar-refractivity contribution < 1.29 is 36.4 Å². The number of amides is 2. The lowest BCUT2D eigenvalue weighted by Crippen LogP contribution is -2.46. The predicted molar refractivity (Wildman–Crippen MR) is 110 cm³/mol. The minimum atomic E-state index is -5.80. The summed E-state index contributed by atoms with van der Waals surface area (Å²) in [5.41, 5.74) is 4.05. The van der Waals surface area contributed by atoms with E-state index in [4.69, 9.17) is 0 Å². The average Bonchev–Trinajstić information content (AvgIpc) is 3.10. The molecule has 2 aromatic heterocycles. The highest BCUT2D eigenvalue weighted by atomic mass is 19.4. The van der Waals surface area contributed by atoms with Crippen molar-refractivity contribution in [3.8, 4) is 0 Å². The number of anilines is 2. The molecule has 0 fully saturated rings. The van der Waals surface area contributed by atoms with Gasteiger partial charge in [-0.25, -0.2) is 15.0 Å². The lowest BCUT2D eigenvalue weighted by atomic mass is 10.1. The summed E-state index contributed by atoms with van der Waals surface area (Å²) in [5, 5.41) is 8.60. The van der Waals surface area contributed by atoms with E-state index in [9.17, 15) is 31.5 Å². The highest BCUT2D eigenvalue weighted by molar-refractivity contribution is 5.99. The zero-order valence-corrected chi connectivity index (χ0v) is 18.1. The predicted octanol–water partition coefficient (Wildman–Crippen LogP) is 3.31. The Balaban J connectivity index is 1.92. The maximum atomic E-state index is 13.2. The molecule has 0 saturated carbocycles. The van der Waals surface area contributed by atoms with Crippen LogP contribution in [0.2, 0.25) is 0 Å². The van der Waals surface area contributed by atoms with Gasteiger partial charge in [0.25, 0.3) is 11.8 Å². The molecule has 14 heteroatoms. The molecule has 3 aromatic rings. The molecule has 0 bridgehead atoms. The van der Waals surface area contributed by atoms with Crippen molar-refractivity contribution in [1.29, 1.82) is 0 Å². The smallest absolute Gasteiger partial charge is 0.346 e. The van der Waals surface area contributed by atoms with Gasteiger partial charge in [-0.15, -0.1) is 0 Å². The van der Waals surface area contributed by atoms with Gasteiger partial charge >= 0.3 is 12.1 Å². The topological polar surface area (TPSA) is 110 Å². The van der Waals surface area contributed by atoms with Crippen LogP contribution in [0.25, 0.3) is 5.52 Å². The third kappa shape index (κ3) is 4.90. The molecule has 34 heavy (non-hydrogen) atoms. The zero-order valence-electron chi connectivity index (χ0n) is 18.1. The molecule has 0 atom stereocenters. The van der Waals surface area contributed by atoms with E-state index in [2.05, 4.69) is 25.7 Å². The number of aromatic nitrogens is 3. The number of benzene rings is 1. The highest BCUT2D eigenvalue weighted by Crippen LogP contribution is 2.35. The number of nitrogens with zero attached hydrogens (tertiary/aromatic N) is 3. The van der Waals surface area contributed by atoms with Gasteiger partial charge in [0.1, 0.15) is 11.8 Å². The molecule has 0 spiro atoms. The quantitative estimate of drug-likeness (QED) is 0.349. The minimum absolute atomic E-state index is 0.161. The Bertz CT molecular complexity index is 1240. The van der Waals surface area contributed by atoms with E-state index in [1.54, 1.807) is 24.4 Å².